The molecule has 1 amide bonds. The first-order chi connectivity index (χ1) is 13.9. The van der Waals surface area contributed by atoms with Gasteiger partial charge < -0.3 is 14.2 Å². The van der Waals surface area contributed by atoms with Crippen molar-refractivity contribution in [2.75, 3.05) is 13.1 Å². The number of rotatable bonds is 4. The number of carbonyl (C=O) groups is 1. The maximum atomic E-state index is 12.8. The van der Waals surface area contributed by atoms with Gasteiger partial charge in [0.1, 0.15) is 24.1 Å². The number of aromatic nitrogens is 3. The number of alkyl halides is 3. The molecule has 4 rings (SSSR count). The lowest BCUT2D eigenvalue weighted by atomic mass is 10.1. The van der Waals surface area contributed by atoms with E-state index < -0.39 is 12.7 Å². The summed E-state index contributed by atoms with van der Waals surface area (Å²) in [7, 11) is 0. The normalized spacial score (nSPS) is 15.6. The molecule has 0 saturated carbocycles. The first-order valence-electron chi connectivity index (χ1n) is 9.27. The minimum absolute atomic E-state index is 0.113. The van der Waals surface area contributed by atoms with Crippen LogP contribution in [0.15, 0.2) is 49.1 Å². The molecule has 3 heterocycles. The molecule has 1 aliphatic heterocycles. The van der Waals surface area contributed by atoms with Crippen LogP contribution >= 0.6 is 0 Å². The zero-order valence-corrected chi connectivity index (χ0v) is 15.5. The summed E-state index contributed by atoms with van der Waals surface area (Å²) >= 11 is 0. The first-order valence-corrected chi connectivity index (χ1v) is 9.27. The summed E-state index contributed by atoms with van der Waals surface area (Å²) in [4.78, 5) is 22.1. The molecule has 0 atom stereocenters. The third-order valence-corrected chi connectivity index (χ3v) is 4.93. The zero-order chi connectivity index (χ0) is 20.4. The predicted octanol–water partition coefficient (Wildman–Crippen LogP) is 3.68. The van der Waals surface area contributed by atoms with Gasteiger partial charge in [0.25, 0.3) is 5.91 Å². The molecule has 0 spiro atoms. The van der Waals surface area contributed by atoms with E-state index in [0.717, 1.165) is 0 Å². The number of likely N-dealkylation sites (tertiary alicyclic amines) is 1. The molecule has 0 radical (unpaired) electrons. The molecule has 152 valence electrons. The average molecular weight is 404 g/mol. The van der Waals surface area contributed by atoms with Crippen molar-refractivity contribution in [2.45, 2.75) is 31.7 Å². The summed E-state index contributed by atoms with van der Waals surface area (Å²) in [6.07, 6.45) is 2.72. The smallest absolute Gasteiger partial charge is 0.406 e. The number of hydrogen-bond donors (Lipinski definition) is 0. The molecule has 29 heavy (non-hydrogen) atoms. The second kappa shape index (κ2) is 7.73. The highest BCUT2D eigenvalue weighted by Crippen LogP contribution is 2.31. The minimum atomic E-state index is -4.29. The molecule has 1 aromatic carbocycles. The lowest BCUT2D eigenvalue weighted by molar-refractivity contribution is -0.139. The Bertz CT molecular complexity index is 996. The van der Waals surface area contributed by atoms with Crippen LogP contribution in [0.5, 0.6) is 5.75 Å². The van der Waals surface area contributed by atoms with E-state index in [9.17, 15) is 18.0 Å². The Morgan fingerprint density at radius 3 is 2.66 bits per heavy atom. The maximum absolute atomic E-state index is 12.8. The Morgan fingerprint density at radius 1 is 1.17 bits per heavy atom. The first kappa shape index (κ1) is 19.2. The average Bonchev–Trinajstić information content (AvgIpc) is 3.11. The quantitative estimate of drug-likeness (QED) is 0.666. The van der Waals surface area contributed by atoms with Crippen molar-refractivity contribution in [1.29, 1.82) is 0 Å². The van der Waals surface area contributed by atoms with Crippen molar-refractivity contribution in [3.8, 4) is 5.75 Å². The van der Waals surface area contributed by atoms with Gasteiger partial charge in [0, 0.05) is 49.9 Å². The van der Waals surface area contributed by atoms with Gasteiger partial charge in [-0.1, -0.05) is 6.07 Å². The van der Waals surface area contributed by atoms with Gasteiger partial charge in [-0.05, 0) is 18.2 Å². The third-order valence-electron chi connectivity index (χ3n) is 4.93. The number of fused-ring (bicyclic) bond motifs is 1. The van der Waals surface area contributed by atoms with Crippen molar-refractivity contribution >= 4 is 16.8 Å². The number of benzene rings is 1. The van der Waals surface area contributed by atoms with E-state index in [0.29, 0.717) is 48.3 Å². The molecule has 0 aliphatic carbocycles. The molecule has 0 N–H and O–H groups in total. The van der Waals surface area contributed by atoms with Crippen molar-refractivity contribution in [3.05, 3.63) is 54.7 Å². The zero-order valence-electron chi connectivity index (χ0n) is 15.5. The van der Waals surface area contributed by atoms with Crippen molar-refractivity contribution < 1.29 is 22.7 Å². The number of amides is 1. The standard InChI is InChI=1S/C20H19F3N4O2/c21-20(22,23)13-27-11-6-15-17(27)2-1-3-18(15)29-14-4-9-26(10-5-14)19(28)16-12-24-7-8-25-16/h1-3,6-8,11-12,14H,4-5,9-10,13H2. The Hall–Kier alpha value is -3.10. The van der Waals surface area contributed by atoms with E-state index in [2.05, 4.69) is 9.97 Å². The lowest BCUT2D eigenvalue weighted by Crippen LogP contribution is -2.42. The molecule has 3 aromatic rings. The Balaban J connectivity index is 1.42. The minimum Gasteiger partial charge on any atom is -0.490 e. The van der Waals surface area contributed by atoms with Crippen LogP contribution in [0.25, 0.3) is 10.9 Å². The predicted molar refractivity (Wildman–Crippen MR) is 99.6 cm³/mol. The van der Waals surface area contributed by atoms with E-state index in [1.54, 1.807) is 29.2 Å². The molecule has 0 bridgehead atoms. The van der Waals surface area contributed by atoms with E-state index in [1.807, 2.05) is 0 Å². The number of halogens is 3. The summed E-state index contributed by atoms with van der Waals surface area (Å²) in [6.45, 7) is -0.000888. The van der Waals surface area contributed by atoms with Crippen LogP contribution in [-0.2, 0) is 6.54 Å². The van der Waals surface area contributed by atoms with Crippen LogP contribution in [0.1, 0.15) is 23.3 Å². The van der Waals surface area contributed by atoms with E-state index in [-0.39, 0.29) is 12.0 Å². The van der Waals surface area contributed by atoms with Crippen molar-refractivity contribution in [3.63, 3.8) is 0 Å². The molecule has 6 nitrogen and oxygen atoms in total. The number of ether oxygens (including phenoxy) is 1. The Kier molecular flexibility index (Phi) is 5.12. The fourth-order valence-electron chi connectivity index (χ4n) is 3.56. The SMILES string of the molecule is O=C(c1cnccn1)N1CCC(Oc2cccc3c2ccn3CC(F)(F)F)CC1. The van der Waals surface area contributed by atoms with Gasteiger partial charge in [-0.3, -0.25) is 9.78 Å². The fourth-order valence-corrected chi connectivity index (χ4v) is 3.56. The second-order valence-electron chi connectivity index (χ2n) is 6.95. The molecule has 1 aliphatic rings. The van der Waals surface area contributed by atoms with Crippen LogP contribution < -0.4 is 4.74 Å². The van der Waals surface area contributed by atoms with Gasteiger partial charge >= 0.3 is 6.18 Å². The second-order valence-corrected chi connectivity index (χ2v) is 6.95. The monoisotopic (exact) mass is 404 g/mol. The van der Waals surface area contributed by atoms with Gasteiger partial charge in [-0.2, -0.15) is 13.2 Å². The van der Waals surface area contributed by atoms with Crippen molar-refractivity contribution in [1.82, 2.24) is 19.4 Å². The largest absolute Gasteiger partial charge is 0.490 e. The van der Waals surface area contributed by atoms with E-state index in [1.165, 1.54) is 29.4 Å². The van der Waals surface area contributed by atoms with Crippen LogP contribution in [0, 0.1) is 0 Å². The van der Waals surface area contributed by atoms with Gasteiger partial charge in [0.05, 0.1) is 11.7 Å². The lowest BCUT2D eigenvalue weighted by Gasteiger charge is -2.32. The summed E-state index contributed by atoms with van der Waals surface area (Å²) in [5.41, 5.74) is 0.790. The van der Waals surface area contributed by atoms with Crippen LogP contribution in [0.3, 0.4) is 0 Å². The number of hydrogen-bond acceptors (Lipinski definition) is 4. The fraction of sp³-hybridized carbons (Fsp3) is 0.350. The van der Waals surface area contributed by atoms with Gasteiger partial charge in [0.15, 0.2) is 0 Å². The summed E-state index contributed by atoms with van der Waals surface area (Å²) in [5.74, 6) is 0.394. The molecular formula is C20H19F3N4O2. The molecule has 1 saturated heterocycles. The Morgan fingerprint density at radius 2 is 1.97 bits per heavy atom. The number of nitrogens with zero attached hydrogens (tertiary/aromatic N) is 4. The number of piperidine rings is 1. The number of carbonyl (C=O) groups excluding carboxylic acids is 1. The van der Waals surface area contributed by atoms with E-state index in [4.69, 9.17) is 4.74 Å². The van der Waals surface area contributed by atoms with Crippen molar-refractivity contribution in [2.24, 2.45) is 0 Å². The third kappa shape index (κ3) is 4.33. The van der Waals surface area contributed by atoms with E-state index >= 15 is 0 Å². The summed E-state index contributed by atoms with van der Waals surface area (Å²) in [5, 5.41) is 0.648. The molecule has 0 unspecified atom stereocenters. The Labute approximate surface area is 164 Å². The van der Waals surface area contributed by atoms with Crippen LogP contribution in [-0.4, -0.2) is 50.7 Å². The highest BCUT2D eigenvalue weighted by atomic mass is 19.4. The topological polar surface area (TPSA) is 60.3 Å². The molecule has 1 fully saturated rings. The van der Waals surface area contributed by atoms with Gasteiger partial charge in [-0.15, -0.1) is 0 Å². The molecule has 2 aromatic heterocycles. The highest BCUT2D eigenvalue weighted by molar-refractivity contribution is 5.92. The van der Waals surface area contributed by atoms with Gasteiger partial charge in [-0.25, -0.2) is 4.98 Å². The highest BCUT2D eigenvalue weighted by Gasteiger charge is 2.29. The van der Waals surface area contributed by atoms with Crippen LogP contribution in [0.2, 0.25) is 0 Å². The van der Waals surface area contributed by atoms with Crippen LogP contribution in [0.4, 0.5) is 13.2 Å². The summed E-state index contributed by atoms with van der Waals surface area (Å²) in [6, 6.07) is 6.74. The van der Waals surface area contributed by atoms with Gasteiger partial charge in [0.2, 0.25) is 0 Å². The summed E-state index contributed by atoms with van der Waals surface area (Å²) < 4.78 is 45.5. The molecule has 9 heteroatoms. The molecular weight excluding hydrogens is 385 g/mol. The maximum Gasteiger partial charge on any atom is 0.406 e.